The van der Waals surface area contributed by atoms with Gasteiger partial charge in [0.2, 0.25) is 0 Å². The number of carbonyl (C=O) groups is 1. The van der Waals surface area contributed by atoms with E-state index in [9.17, 15) is 4.79 Å². The van der Waals surface area contributed by atoms with E-state index in [-0.39, 0.29) is 5.92 Å². The maximum absolute atomic E-state index is 12.5. The minimum atomic E-state index is 0.259. The van der Waals surface area contributed by atoms with Crippen LogP contribution < -0.4 is 0 Å². The molecule has 0 unspecified atom stereocenters. The lowest BCUT2D eigenvalue weighted by Crippen LogP contribution is -2.38. The monoisotopic (exact) mass is 243 g/mol. The number of likely N-dealkylation sites (N-methyl/N-ethyl adjacent to an activating group) is 1. The zero-order chi connectivity index (χ0) is 12.7. The van der Waals surface area contributed by atoms with Crippen molar-refractivity contribution in [3.05, 3.63) is 34.9 Å². The van der Waals surface area contributed by atoms with Gasteiger partial charge < -0.3 is 4.90 Å². The van der Waals surface area contributed by atoms with Crippen LogP contribution in [0.1, 0.15) is 47.7 Å². The molecule has 2 atom stereocenters. The van der Waals surface area contributed by atoms with E-state index in [2.05, 4.69) is 36.9 Å². The van der Waals surface area contributed by atoms with Gasteiger partial charge >= 0.3 is 0 Å². The van der Waals surface area contributed by atoms with E-state index >= 15 is 0 Å². The molecule has 2 aliphatic rings. The van der Waals surface area contributed by atoms with Gasteiger partial charge in [-0.3, -0.25) is 4.79 Å². The summed E-state index contributed by atoms with van der Waals surface area (Å²) in [5.41, 5.74) is 3.61. The Morgan fingerprint density at radius 3 is 2.83 bits per heavy atom. The van der Waals surface area contributed by atoms with Crippen LogP contribution in [0.15, 0.2) is 18.2 Å². The van der Waals surface area contributed by atoms with Crippen molar-refractivity contribution in [2.45, 2.75) is 32.6 Å². The van der Waals surface area contributed by atoms with Crippen molar-refractivity contribution in [1.29, 1.82) is 0 Å². The summed E-state index contributed by atoms with van der Waals surface area (Å²) >= 11 is 0. The molecule has 2 nitrogen and oxygen atoms in total. The summed E-state index contributed by atoms with van der Waals surface area (Å²) in [5, 5.41) is 0. The summed E-state index contributed by atoms with van der Waals surface area (Å²) in [4.78, 5) is 14.9. The number of aryl methyl sites for hydroxylation is 1. The molecule has 1 fully saturated rings. The van der Waals surface area contributed by atoms with E-state index in [1.54, 1.807) is 0 Å². The molecule has 0 N–H and O–H groups in total. The maximum atomic E-state index is 12.5. The molecule has 0 radical (unpaired) electrons. The molecule has 1 heterocycles. The Hall–Kier alpha value is -1.15. The molecule has 1 aromatic rings. The van der Waals surface area contributed by atoms with Gasteiger partial charge in [-0.2, -0.15) is 0 Å². The van der Waals surface area contributed by atoms with E-state index in [0.717, 1.165) is 38.0 Å². The van der Waals surface area contributed by atoms with Gasteiger partial charge in [0.15, 0.2) is 5.78 Å². The van der Waals surface area contributed by atoms with Crippen LogP contribution in [0.5, 0.6) is 0 Å². The van der Waals surface area contributed by atoms with Gasteiger partial charge in [-0.15, -0.1) is 0 Å². The summed E-state index contributed by atoms with van der Waals surface area (Å²) in [5.74, 6) is 1.11. The number of Topliss-reactive ketones (excluding diaryl/α,β-unsaturated/α-hetero) is 1. The second-order valence-electron chi connectivity index (χ2n) is 5.53. The lowest BCUT2D eigenvalue weighted by molar-refractivity contribution is 0.0846. The summed E-state index contributed by atoms with van der Waals surface area (Å²) in [7, 11) is 0. The molecular formula is C16H21NO. The number of fused-ring (bicyclic) bond motifs is 3. The van der Waals surface area contributed by atoms with Crippen molar-refractivity contribution in [2.24, 2.45) is 5.92 Å². The Morgan fingerprint density at radius 1 is 1.28 bits per heavy atom. The van der Waals surface area contributed by atoms with Crippen molar-refractivity contribution in [3.63, 3.8) is 0 Å². The smallest absolute Gasteiger partial charge is 0.166 e. The number of hydrogen-bond donors (Lipinski definition) is 0. The first-order valence-electron chi connectivity index (χ1n) is 7.14. The van der Waals surface area contributed by atoms with Gasteiger partial charge in [0.25, 0.3) is 0 Å². The van der Waals surface area contributed by atoms with E-state index in [4.69, 9.17) is 0 Å². The summed E-state index contributed by atoms with van der Waals surface area (Å²) in [6, 6.07) is 6.53. The van der Waals surface area contributed by atoms with Gasteiger partial charge in [0.05, 0.1) is 0 Å². The Labute approximate surface area is 109 Å². The fourth-order valence-electron chi connectivity index (χ4n) is 3.50. The topological polar surface area (TPSA) is 20.3 Å². The van der Waals surface area contributed by atoms with Gasteiger partial charge in [-0.1, -0.05) is 26.0 Å². The van der Waals surface area contributed by atoms with Gasteiger partial charge in [-0.25, -0.2) is 0 Å². The molecule has 0 amide bonds. The SMILES string of the molecule is CCc1ccc2c(c1)C(=O)[C@@H]1CCN(CC)C[C@H]21. The second kappa shape index (κ2) is 4.51. The number of ketones is 1. The Morgan fingerprint density at radius 2 is 2.11 bits per heavy atom. The summed E-state index contributed by atoms with van der Waals surface area (Å²) in [6.45, 7) is 7.59. The molecule has 18 heavy (non-hydrogen) atoms. The zero-order valence-electron chi connectivity index (χ0n) is 11.3. The lowest BCUT2D eigenvalue weighted by Gasteiger charge is -2.33. The fourth-order valence-corrected chi connectivity index (χ4v) is 3.50. The molecule has 1 saturated heterocycles. The highest BCUT2D eigenvalue weighted by molar-refractivity contribution is 6.03. The number of hydrogen-bond acceptors (Lipinski definition) is 2. The number of carbonyl (C=O) groups excluding carboxylic acids is 1. The highest BCUT2D eigenvalue weighted by Crippen LogP contribution is 2.42. The third kappa shape index (κ3) is 1.71. The number of piperidine rings is 1. The molecule has 0 aromatic heterocycles. The van der Waals surface area contributed by atoms with E-state index < -0.39 is 0 Å². The summed E-state index contributed by atoms with van der Waals surface area (Å²) in [6.07, 6.45) is 2.05. The molecule has 0 saturated carbocycles. The van der Waals surface area contributed by atoms with E-state index in [1.807, 2.05) is 0 Å². The van der Waals surface area contributed by atoms with Crippen LogP contribution in [0.4, 0.5) is 0 Å². The van der Waals surface area contributed by atoms with Crippen molar-refractivity contribution in [1.82, 2.24) is 4.90 Å². The third-order valence-electron chi connectivity index (χ3n) is 4.67. The van der Waals surface area contributed by atoms with Crippen LogP contribution in [-0.2, 0) is 6.42 Å². The first kappa shape index (κ1) is 11.9. The molecule has 2 heteroatoms. The quantitative estimate of drug-likeness (QED) is 0.796. The first-order chi connectivity index (χ1) is 8.74. The van der Waals surface area contributed by atoms with Crippen LogP contribution in [-0.4, -0.2) is 30.3 Å². The normalized spacial score (nSPS) is 27.1. The van der Waals surface area contributed by atoms with Crippen molar-refractivity contribution in [2.75, 3.05) is 19.6 Å². The third-order valence-corrected chi connectivity index (χ3v) is 4.67. The molecule has 0 bridgehead atoms. The Bertz CT molecular complexity index is 480. The average molecular weight is 243 g/mol. The van der Waals surface area contributed by atoms with Crippen LogP contribution in [0.2, 0.25) is 0 Å². The van der Waals surface area contributed by atoms with E-state index in [0.29, 0.717) is 11.7 Å². The molecule has 96 valence electrons. The van der Waals surface area contributed by atoms with Crippen LogP contribution in [0.25, 0.3) is 0 Å². The van der Waals surface area contributed by atoms with Crippen LogP contribution in [0.3, 0.4) is 0 Å². The van der Waals surface area contributed by atoms with Gasteiger partial charge in [-0.05, 0) is 43.1 Å². The number of benzene rings is 1. The number of rotatable bonds is 2. The molecule has 1 aliphatic heterocycles. The van der Waals surface area contributed by atoms with Crippen LogP contribution >= 0.6 is 0 Å². The summed E-state index contributed by atoms with van der Waals surface area (Å²) < 4.78 is 0. The Balaban J connectivity index is 1.98. The van der Waals surface area contributed by atoms with Crippen molar-refractivity contribution < 1.29 is 4.79 Å². The molecule has 1 aromatic carbocycles. The number of likely N-dealkylation sites (tertiary alicyclic amines) is 1. The minimum Gasteiger partial charge on any atom is -0.303 e. The van der Waals surface area contributed by atoms with Crippen LogP contribution in [0, 0.1) is 5.92 Å². The van der Waals surface area contributed by atoms with E-state index in [1.165, 1.54) is 11.1 Å². The predicted molar refractivity (Wildman–Crippen MR) is 73.1 cm³/mol. The van der Waals surface area contributed by atoms with Crippen molar-refractivity contribution in [3.8, 4) is 0 Å². The Kier molecular flexibility index (Phi) is 2.98. The standard InChI is InChI=1S/C16H21NO/c1-3-11-5-6-12-14(9-11)16(18)13-7-8-17(4-2)10-15(12)13/h5-6,9,13,15H,3-4,7-8,10H2,1-2H3/t13-,15-/m1/s1. The fraction of sp³-hybridized carbons (Fsp3) is 0.562. The van der Waals surface area contributed by atoms with Crippen molar-refractivity contribution >= 4 is 5.78 Å². The highest BCUT2D eigenvalue weighted by atomic mass is 16.1. The second-order valence-corrected chi connectivity index (χ2v) is 5.53. The molecule has 0 spiro atoms. The van der Waals surface area contributed by atoms with Gasteiger partial charge in [0.1, 0.15) is 0 Å². The maximum Gasteiger partial charge on any atom is 0.166 e. The lowest BCUT2D eigenvalue weighted by atomic mass is 9.85. The molecule has 3 rings (SSSR count). The minimum absolute atomic E-state index is 0.259. The average Bonchev–Trinajstić information content (AvgIpc) is 2.71. The number of nitrogens with zero attached hydrogens (tertiary/aromatic N) is 1. The first-order valence-corrected chi connectivity index (χ1v) is 7.14. The van der Waals surface area contributed by atoms with Gasteiger partial charge in [0, 0.05) is 23.9 Å². The predicted octanol–water partition coefficient (Wildman–Crippen LogP) is 2.87. The zero-order valence-corrected chi connectivity index (χ0v) is 11.3. The molecular weight excluding hydrogens is 222 g/mol. The largest absolute Gasteiger partial charge is 0.303 e. The molecule has 1 aliphatic carbocycles. The highest BCUT2D eigenvalue weighted by Gasteiger charge is 2.42.